The molecule has 0 N–H and O–H groups in total. The fourth-order valence-electron chi connectivity index (χ4n) is 3.34. The second-order valence-electron chi connectivity index (χ2n) is 6.95. The smallest absolute Gasteiger partial charge is 0.312 e. The summed E-state index contributed by atoms with van der Waals surface area (Å²) in [4.78, 5) is 16.6. The number of halogens is 1. The average Bonchev–Trinajstić information content (AvgIpc) is 3.20. The first kappa shape index (κ1) is 22.2. The molecule has 0 spiro atoms. The van der Waals surface area contributed by atoms with Crippen LogP contribution in [0.4, 0.5) is 5.69 Å². The number of hydrogen-bond acceptors (Lipinski definition) is 8. The summed E-state index contributed by atoms with van der Waals surface area (Å²) in [7, 11) is 3.24. The van der Waals surface area contributed by atoms with Crippen molar-refractivity contribution in [3.8, 4) is 11.5 Å². The first-order chi connectivity index (χ1) is 15.5. The number of hydrogen-bond donors (Lipinski definition) is 0. The molecule has 0 aromatic heterocycles. The van der Waals surface area contributed by atoms with Gasteiger partial charge in [-0.25, -0.2) is 5.01 Å². The van der Waals surface area contributed by atoms with E-state index in [1.54, 1.807) is 38.3 Å². The van der Waals surface area contributed by atoms with Gasteiger partial charge in [-0.15, -0.1) is 5.10 Å². The van der Waals surface area contributed by atoms with Gasteiger partial charge in [0.1, 0.15) is 5.03 Å². The van der Waals surface area contributed by atoms with Crippen molar-refractivity contribution in [2.75, 3.05) is 25.8 Å². The van der Waals surface area contributed by atoms with Crippen LogP contribution in [0.5, 0.6) is 11.5 Å². The molecule has 0 atom stereocenters. The predicted octanol–water partition coefficient (Wildman–Crippen LogP) is 5.02. The third-order valence-corrected chi connectivity index (χ3v) is 6.04. The van der Waals surface area contributed by atoms with Gasteiger partial charge >= 0.3 is 5.97 Å². The van der Waals surface area contributed by atoms with Crippen LogP contribution in [0.15, 0.2) is 57.6 Å². The van der Waals surface area contributed by atoms with E-state index in [1.165, 1.54) is 11.8 Å². The number of aliphatic imine (C=N–C) groups is 1. The van der Waals surface area contributed by atoms with Gasteiger partial charge in [0.2, 0.25) is 0 Å². The topological polar surface area (TPSA) is 72.7 Å². The molecule has 2 aromatic rings. The number of ether oxygens (including phenoxy) is 3. The third kappa shape index (κ3) is 4.61. The third-order valence-electron chi connectivity index (χ3n) is 4.95. The molecular weight excluding hydrogens is 450 g/mol. The zero-order chi connectivity index (χ0) is 22.7. The molecule has 0 saturated heterocycles. The van der Waals surface area contributed by atoms with Gasteiger partial charge in [-0.3, -0.25) is 9.79 Å². The lowest BCUT2D eigenvalue weighted by atomic mass is 9.96. The highest BCUT2D eigenvalue weighted by molar-refractivity contribution is 8.17. The largest absolute Gasteiger partial charge is 0.493 e. The molecule has 0 bridgehead atoms. The van der Waals surface area contributed by atoms with Crippen LogP contribution >= 0.6 is 23.4 Å². The van der Waals surface area contributed by atoms with Crippen molar-refractivity contribution in [3.05, 3.63) is 63.7 Å². The van der Waals surface area contributed by atoms with Crippen LogP contribution in [0, 0.1) is 0 Å². The SMILES string of the molecule is CCC(=O)OC1=NN(c2ccc(Cl)cc2)C(=CC2=NCCc3cc(OC)c(OC)cc32)S1. The van der Waals surface area contributed by atoms with E-state index in [-0.39, 0.29) is 17.6 Å². The van der Waals surface area contributed by atoms with Gasteiger partial charge in [-0.1, -0.05) is 18.5 Å². The van der Waals surface area contributed by atoms with Crippen LogP contribution in [-0.2, 0) is 16.0 Å². The number of hydrazone groups is 1. The van der Waals surface area contributed by atoms with Crippen LogP contribution in [0.1, 0.15) is 24.5 Å². The van der Waals surface area contributed by atoms with E-state index in [4.69, 9.17) is 30.8 Å². The Balaban J connectivity index is 1.72. The Morgan fingerprint density at radius 1 is 1.19 bits per heavy atom. The van der Waals surface area contributed by atoms with E-state index in [1.807, 2.05) is 30.3 Å². The van der Waals surface area contributed by atoms with Gasteiger partial charge in [0.15, 0.2) is 11.5 Å². The summed E-state index contributed by atoms with van der Waals surface area (Å²) in [5.74, 6) is 0.989. The summed E-state index contributed by atoms with van der Waals surface area (Å²) >= 11 is 7.32. The maximum Gasteiger partial charge on any atom is 0.312 e. The molecule has 4 rings (SSSR count). The van der Waals surface area contributed by atoms with Crippen molar-refractivity contribution in [3.63, 3.8) is 0 Å². The Labute approximate surface area is 195 Å². The molecule has 2 aliphatic rings. The van der Waals surface area contributed by atoms with E-state index in [9.17, 15) is 4.79 Å². The predicted molar refractivity (Wildman–Crippen MR) is 128 cm³/mol. The fourth-order valence-corrected chi connectivity index (χ4v) is 4.31. The quantitative estimate of drug-likeness (QED) is 0.570. The number of esters is 1. The molecular formula is C23H22ClN3O4S. The summed E-state index contributed by atoms with van der Waals surface area (Å²) in [5.41, 5.74) is 3.69. The van der Waals surface area contributed by atoms with Gasteiger partial charge in [0, 0.05) is 23.6 Å². The van der Waals surface area contributed by atoms with Gasteiger partial charge in [-0.2, -0.15) is 0 Å². The Kier molecular flexibility index (Phi) is 6.72. The van der Waals surface area contributed by atoms with Crippen LogP contribution in [0.3, 0.4) is 0 Å². The summed E-state index contributed by atoms with van der Waals surface area (Å²) < 4.78 is 16.3. The molecule has 166 valence electrons. The molecule has 32 heavy (non-hydrogen) atoms. The first-order valence-electron chi connectivity index (χ1n) is 10.1. The van der Waals surface area contributed by atoms with Crippen LogP contribution in [0.2, 0.25) is 5.02 Å². The molecule has 0 amide bonds. The van der Waals surface area contributed by atoms with Crippen LogP contribution in [0.25, 0.3) is 0 Å². The van der Waals surface area contributed by atoms with Crippen molar-refractivity contribution in [2.24, 2.45) is 10.1 Å². The van der Waals surface area contributed by atoms with E-state index in [0.29, 0.717) is 23.1 Å². The monoisotopic (exact) mass is 471 g/mol. The second kappa shape index (κ2) is 9.67. The molecule has 0 radical (unpaired) electrons. The molecule has 7 nitrogen and oxygen atoms in total. The van der Waals surface area contributed by atoms with Crippen LogP contribution in [-0.4, -0.2) is 37.7 Å². The van der Waals surface area contributed by atoms with Crippen molar-refractivity contribution < 1.29 is 19.0 Å². The zero-order valence-corrected chi connectivity index (χ0v) is 19.5. The lowest BCUT2D eigenvalue weighted by Crippen LogP contribution is -2.15. The minimum Gasteiger partial charge on any atom is -0.493 e. The first-order valence-corrected chi connectivity index (χ1v) is 11.3. The normalized spacial score (nSPS) is 16.4. The number of benzene rings is 2. The highest BCUT2D eigenvalue weighted by Gasteiger charge is 2.28. The minimum absolute atomic E-state index is 0.265. The van der Waals surface area contributed by atoms with Gasteiger partial charge in [0.05, 0.1) is 25.6 Å². The molecule has 2 aromatic carbocycles. The summed E-state index contributed by atoms with van der Waals surface area (Å²) in [6.45, 7) is 2.40. The van der Waals surface area contributed by atoms with Crippen molar-refractivity contribution >= 4 is 46.0 Å². The molecule has 0 aliphatic carbocycles. The number of allylic oxidation sites excluding steroid dienone is 1. The molecule has 0 unspecified atom stereocenters. The van der Waals surface area contributed by atoms with Crippen molar-refractivity contribution in [2.45, 2.75) is 19.8 Å². The maximum absolute atomic E-state index is 11.8. The lowest BCUT2D eigenvalue weighted by Gasteiger charge is -2.20. The molecule has 0 fully saturated rings. The Morgan fingerprint density at radius 3 is 2.59 bits per heavy atom. The number of thioether (sulfide) groups is 1. The standard InChI is InChI=1S/C23H22ClN3O4S/c1-4-22(28)31-23-26-27(16-7-5-15(24)6-8-16)21(32-23)13-18-17-12-20(30-3)19(29-2)11-14(17)9-10-25-18/h5-8,11-13H,4,9-10H2,1-3H3. The number of carbonyl (C=O) groups excluding carboxylic acids is 1. The van der Waals surface area contributed by atoms with E-state index >= 15 is 0 Å². The van der Waals surface area contributed by atoms with E-state index in [0.717, 1.165) is 34.0 Å². The van der Waals surface area contributed by atoms with E-state index < -0.39 is 0 Å². The van der Waals surface area contributed by atoms with Gasteiger partial charge in [0.25, 0.3) is 5.23 Å². The van der Waals surface area contributed by atoms with E-state index in [2.05, 4.69) is 5.10 Å². The number of rotatable bonds is 5. The summed E-state index contributed by atoms with van der Waals surface area (Å²) in [5, 5.41) is 7.86. The molecule has 2 heterocycles. The Bertz CT molecular complexity index is 1130. The zero-order valence-electron chi connectivity index (χ0n) is 17.9. The van der Waals surface area contributed by atoms with Crippen LogP contribution < -0.4 is 14.5 Å². The number of carbonyl (C=O) groups is 1. The summed E-state index contributed by atoms with van der Waals surface area (Å²) in [6, 6.07) is 11.2. The lowest BCUT2D eigenvalue weighted by molar-refractivity contribution is -0.134. The maximum atomic E-state index is 11.8. The average molecular weight is 472 g/mol. The number of fused-ring (bicyclic) bond motifs is 1. The van der Waals surface area contributed by atoms with Gasteiger partial charge < -0.3 is 14.2 Å². The summed E-state index contributed by atoms with van der Waals surface area (Å²) in [6.07, 6.45) is 3.02. The fraction of sp³-hybridized carbons (Fsp3) is 0.261. The highest BCUT2D eigenvalue weighted by atomic mass is 35.5. The second-order valence-corrected chi connectivity index (χ2v) is 8.36. The number of methoxy groups -OCH3 is 2. The number of nitrogens with zero attached hydrogens (tertiary/aromatic N) is 3. The Hall–Kier alpha value is -2.97. The van der Waals surface area contributed by atoms with Gasteiger partial charge in [-0.05, 0) is 66.2 Å². The minimum atomic E-state index is -0.342. The highest BCUT2D eigenvalue weighted by Crippen LogP contribution is 2.38. The van der Waals surface area contributed by atoms with Crippen molar-refractivity contribution in [1.29, 1.82) is 0 Å². The van der Waals surface area contributed by atoms with Crippen molar-refractivity contribution in [1.82, 2.24) is 0 Å². The number of anilines is 1. The Morgan fingerprint density at radius 2 is 1.91 bits per heavy atom. The molecule has 0 saturated carbocycles. The molecule has 2 aliphatic heterocycles. The molecule has 9 heteroatoms.